The number of hydrogen-bond acceptors (Lipinski definition) is 6. The first kappa shape index (κ1) is 27.6. The number of anilines is 1. The predicted octanol–water partition coefficient (Wildman–Crippen LogP) is 5.94. The van der Waals surface area contributed by atoms with Crippen molar-refractivity contribution in [2.45, 2.75) is 20.0 Å². The number of carbonyl (C=O) groups excluding carboxylic acids is 1. The number of halogens is 3. The number of nitrogens with zero attached hydrogens (tertiary/aromatic N) is 3. The van der Waals surface area contributed by atoms with Gasteiger partial charge in [0.05, 0.1) is 25.0 Å². The summed E-state index contributed by atoms with van der Waals surface area (Å²) >= 11 is 0. The monoisotopic (exact) mass is 540 g/mol. The SMILES string of the molecule is CCOCCOc1nc(-c2ccc(OC)cc2)n(-c2cccc(NC(=O)c3ccc(C)c(C(F)(F)F)c3)c2)n1. The minimum absolute atomic E-state index is 0.0394. The molecule has 0 aliphatic carbocycles. The van der Waals surface area contributed by atoms with Gasteiger partial charge in [-0.3, -0.25) is 4.79 Å². The Hall–Kier alpha value is -4.38. The second-order valence-electron chi connectivity index (χ2n) is 8.44. The number of amides is 1. The Morgan fingerprint density at radius 2 is 1.79 bits per heavy atom. The van der Waals surface area contributed by atoms with Gasteiger partial charge in [-0.15, -0.1) is 5.10 Å². The van der Waals surface area contributed by atoms with E-state index in [4.69, 9.17) is 14.2 Å². The molecule has 1 heterocycles. The Morgan fingerprint density at radius 1 is 1.03 bits per heavy atom. The van der Waals surface area contributed by atoms with Gasteiger partial charge in [0.2, 0.25) is 0 Å². The van der Waals surface area contributed by atoms with Gasteiger partial charge in [0.15, 0.2) is 5.82 Å². The molecule has 4 rings (SSSR count). The highest BCUT2D eigenvalue weighted by Crippen LogP contribution is 2.32. The Kier molecular flexibility index (Phi) is 8.50. The van der Waals surface area contributed by atoms with E-state index in [2.05, 4.69) is 15.4 Å². The highest BCUT2D eigenvalue weighted by molar-refractivity contribution is 6.04. The van der Waals surface area contributed by atoms with Crippen molar-refractivity contribution in [3.63, 3.8) is 0 Å². The van der Waals surface area contributed by atoms with Crippen LogP contribution in [0.3, 0.4) is 0 Å². The smallest absolute Gasteiger partial charge is 0.416 e. The standard InChI is InChI=1S/C28H27F3N4O4/c1-4-38-14-15-39-27-33-25(19-10-12-23(37-3)13-11-19)35(34-27)22-7-5-6-21(17-22)32-26(36)20-9-8-18(2)24(16-20)28(29,30)31/h5-13,16-17H,4,14-15H2,1-3H3,(H,32,36). The topological polar surface area (TPSA) is 87.5 Å². The molecule has 0 atom stereocenters. The average molecular weight is 541 g/mol. The van der Waals surface area contributed by atoms with Crippen LogP contribution in [0.4, 0.5) is 18.9 Å². The van der Waals surface area contributed by atoms with Crippen LogP contribution in [0.25, 0.3) is 17.1 Å². The van der Waals surface area contributed by atoms with Crippen LogP contribution in [0.15, 0.2) is 66.7 Å². The van der Waals surface area contributed by atoms with Crippen molar-refractivity contribution in [3.8, 4) is 28.8 Å². The molecule has 0 bridgehead atoms. The lowest BCUT2D eigenvalue weighted by atomic mass is 10.0. The molecule has 3 aromatic carbocycles. The van der Waals surface area contributed by atoms with Crippen molar-refractivity contribution < 1.29 is 32.2 Å². The number of hydrogen-bond donors (Lipinski definition) is 1. The Bertz CT molecular complexity index is 1440. The molecule has 0 aliphatic rings. The van der Waals surface area contributed by atoms with E-state index in [1.807, 2.05) is 19.1 Å². The highest BCUT2D eigenvalue weighted by Gasteiger charge is 2.33. The van der Waals surface area contributed by atoms with Crippen molar-refractivity contribution >= 4 is 11.6 Å². The molecule has 4 aromatic rings. The van der Waals surface area contributed by atoms with Gasteiger partial charge in [0, 0.05) is 23.4 Å². The fourth-order valence-electron chi connectivity index (χ4n) is 3.78. The molecular weight excluding hydrogens is 513 g/mol. The van der Waals surface area contributed by atoms with Gasteiger partial charge in [-0.2, -0.15) is 18.2 Å². The summed E-state index contributed by atoms with van der Waals surface area (Å²) in [5, 5.41) is 7.15. The molecular formula is C28H27F3N4O4. The zero-order valence-corrected chi connectivity index (χ0v) is 21.6. The number of rotatable bonds is 10. The predicted molar refractivity (Wildman–Crippen MR) is 139 cm³/mol. The van der Waals surface area contributed by atoms with Crippen LogP contribution < -0.4 is 14.8 Å². The van der Waals surface area contributed by atoms with Gasteiger partial charge in [0.1, 0.15) is 12.4 Å². The number of alkyl halides is 3. The molecule has 1 amide bonds. The van der Waals surface area contributed by atoms with Crippen LogP contribution in [0, 0.1) is 6.92 Å². The van der Waals surface area contributed by atoms with Gasteiger partial charge in [-0.05, 0) is 74.0 Å². The van der Waals surface area contributed by atoms with Crippen LogP contribution in [0.5, 0.6) is 11.8 Å². The number of methoxy groups -OCH3 is 1. The zero-order chi connectivity index (χ0) is 28.0. The Labute approximate surface area is 223 Å². The van der Waals surface area contributed by atoms with E-state index < -0.39 is 17.6 Å². The number of carbonyl (C=O) groups is 1. The van der Waals surface area contributed by atoms with Crippen LogP contribution in [-0.4, -0.2) is 47.6 Å². The lowest BCUT2D eigenvalue weighted by molar-refractivity contribution is -0.138. The number of benzene rings is 3. The van der Waals surface area contributed by atoms with E-state index in [0.717, 1.165) is 11.6 Å². The summed E-state index contributed by atoms with van der Waals surface area (Å²) in [6, 6.07) is 17.6. The first-order valence-corrected chi connectivity index (χ1v) is 12.1. The third-order valence-electron chi connectivity index (χ3n) is 5.75. The van der Waals surface area contributed by atoms with Gasteiger partial charge in [-0.1, -0.05) is 12.1 Å². The molecule has 39 heavy (non-hydrogen) atoms. The molecule has 0 aliphatic heterocycles. The molecule has 8 nitrogen and oxygen atoms in total. The third kappa shape index (κ3) is 6.74. The van der Waals surface area contributed by atoms with E-state index >= 15 is 0 Å². The van der Waals surface area contributed by atoms with Crippen LogP contribution in [-0.2, 0) is 10.9 Å². The molecule has 0 fully saturated rings. The molecule has 0 saturated heterocycles. The molecule has 1 aromatic heterocycles. The van der Waals surface area contributed by atoms with E-state index in [1.54, 1.807) is 48.2 Å². The molecule has 0 radical (unpaired) electrons. The summed E-state index contributed by atoms with van der Waals surface area (Å²) in [5.74, 6) is 0.472. The maximum absolute atomic E-state index is 13.3. The van der Waals surface area contributed by atoms with Crippen molar-refractivity contribution in [3.05, 3.63) is 83.4 Å². The van der Waals surface area contributed by atoms with Crippen LogP contribution in [0.1, 0.15) is 28.4 Å². The zero-order valence-electron chi connectivity index (χ0n) is 21.6. The van der Waals surface area contributed by atoms with E-state index in [9.17, 15) is 18.0 Å². The van der Waals surface area contributed by atoms with Crippen molar-refractivity contribution in [2.24, 2.45) is 0 Å². The highest BCUT2D eigenvalue weighted by atomic mass is 19.4. The van der Waals surface area contributed by atoms with E-state index in [-0.39, 0.29) is 23.7 Å². The van der Waals surface area contributed by atoms with Crippen molar-refractivity contribution in [1.29, 1.82) is 0 Å². The molecule has 11 heteroatoms. The van der Waals surface area contributed by atoms with Crippen molar-refractivity contribution in [2.75, 3.05) is 32.2 Å². The lowest BCUT2D eigenvalue weighted by Gasteiger charge is -2.13. The first-order chi connectivity index (χ1) is 18.7. The maximum atomic E-state index is 13.3. The number of nitrogens with one attached hydrogen (secondary N) is 1. The summed E-state index contributed by atoms with van der Waals surface area (Å²) in [7, 11) is 1.57. The Balaban J connectivity index is 1.63. The van der Waals surface area contributed by atoms with Crippen LogP contribution >= 0.6 is 0 Å². The second-order valence-corrected chi connectivity index (χ2v) is 8.44. The average Bonchev–Trinajstić information content (AvgIpc) is 3.35. The summed E-state index contributed by atoms with van der Waals surface area (Å²) in [6.07, 6.45) is -4.56. The summed E-state index contributed by atoms with van der Waals surface area (Å²) in [6.45, 7) is 4.42. The quantitative estimate of drug-likeness (QED) is 0.251. The first-order valence-electron chi connectivity index (χ1n) is 12.1. The van der Waals surface area contributed by atoms with Crippen molar-refractivity contribution in [1.82, 2.24) is 14.8 Å². The van der Waals surface area contributed by atoms with E-state index in [1.165, 1.54) is 19.1 Å². The molecule has 204 valence electrons. The second kappa shape index (κ2) is 12.0. The maximum Gasteiger partial charge on any atom is 0.416 e. The van der Waals surface area contributed by atoms with Crippen LogP contribution in [0.2, 0.25) is 0 Å². The van der Waals surface area contributed by atoms with Gasteiger partial charge in [-0.25, -0.2) is 4.68 Å². The Morgan fingerprint density at radius 3 is 2.49 bits per heavy atom. The lowest BCUT2D eigenvalue weighted by Crippen LogP contribution is -2.15. The number of aryl methyl sites for hydroxylation is 1. The summed E-state index contributed by atoms with van der Waals surface area (Å²) in [5.41, 5.74) is 0.720. The normalized spacial score (nSPS) is 11.3. The largest absolute Gasteiger partial charge is 0.497 e. The fraction of sp³-hybridized carbons (Fsp3) is 0.250. The van der Waals surface area contributed by atoms with Gasteiger partial charge < -0.3 is 19.5 Å². The molecule has 0 spiro atoms. The third-order valence-corrected chi connectivity index (χ3v) is 5.75. The summed E-state index contributed by atoms with van der Waals surface area (Å²) in [4.78, 5) is 17.3. The minimum atomic E-state index is -4.56. The van der Waals surface area contributed by atoms with E-state index in [0.29, 0.717) is 36.2 Å². The summed E-state index contributed by atoms with van der Waals surface area (Å²) < 4.78 is 57.7. The van der Waals surface area contributed by atoms with Gasteiger partial charge >= 0.3 is 12.2 Å². The molecule has 0 saturated carbocycles. The molecule has 0 unspecified atom stereocenters. The molecule has 1 N–H and O–H groups in total. The fourth-order valence-corrected chi connectivity index (χ4v) is 3.78. The van der Waals surface area contributed by atoms with Gasteiger partial charge in [0.25, 0.3) is 5.91 Å². The minimum Gasteiger partial charge on any atom is -0.497 e. The number of aromatic nitrogens is 3. The number of ether oxygens (including phenoxy) is 3.